The molecule has 2 aromatic rings. The van der Waals surface area contributed by atoms with E-state index in [9.17, 15) is 13.6 Å². The van der Waals surface area contributed by atoms with Crippen molar-refractivity contribution in [1.82, 2.24) is 4.57 Å². The Balaban J connectivity index is 1.98. The number of hydrogen-bond donors (Lipinski definition) is 1. The van der Waals surface area contributed by atoms with Crippen molar-refractivity contribution in [1.29, 1.82) is 0 Å². The summed E-state index contributed by atoms with van der Waals surface area (Å²) in [5.41, 5.74) is 5.81. The zero-order valence-corrected chi connectivity index (χ0v) is 9.98. The molecule has 0 amide bonds. The molecule has 0 bridgehead atoms. The van der Waals surface area contributed by atoms with Gasteiger partial charge >= 0.3 is 0 Å². The Bertz CT molecular complexity index is 641. The molecule has 4 nitrogen and oxygen atoms in total. The third-order valence-corrected chi connectivity index (χ3v) is 2.50. The number of nitrogens with two attached hydrogens (primary N) is 1. The fourth-order valence-electron chi connectivity index (χ4n) is 1.55. The molecule has 0 fully saturated rings. The molecular formula is C13H12F2N2O2. The second-order valence-corrected chi connectivity index (χ2v) is 3.92. The summed E-state index contributed by atoms with van der Waals surface area (Å²) < 4.78 is 32.2. The second-order valence-electron chi connectivity index (χ2n) is 3.92. The molecule has 1 aromatic carbocycles. The molecule has 0 spiro atoms. The summed E-state index contributed by atoms with van der Waals surface area (Å²) in [5.74, 6) is -1.70. The Labute approximate surface area is 108 Å². The lowest BCUT2D eigenvalue weighted by Gasteiger charge is -2.08. The zero-order chi connectivity index (χ0) is 13.8. The van der Waals surface area contributed by atoms with Gasteiger partial charge in [-0.3, -0.25) is 4.79 Å². The Morgan fingerprint density at radius 3 is 2.68 bits per heavy atom. The minimum absolute atomic E-state index is 0.147. The van der Waals surface area contributed by atoms with E-state index >= 15 is 0 Å². The van der Waals surface area contributed by atoms with Gasteiger partial charge in [-0.05, 0) is 18.2 Å². The Morgan fingerprint density at radius 2 is 1.95 bits per heavy atom. The topological polar surface area (TPSA) is 57.2 Å². The molecule has 0 aliphatic carbocycles. The van der Waals surface area contributed by atoms with Crippen LogP contribution >= 0.6 is 0 Å². The molecule has 0 atom stereocenters. The van der Waals surface area contributed by atoms with Crippen LogP contribution in [-0.2, 0) is 6.54 Å². The van der Waals surface area contributed by atoms with E-state index in [1.54, 1.807) is 0 Å². The maximum Gasteiger partial charge on any atom is 0.250 e. The highest BCUT2D eigenvalue weighted by Gasteiger charge is 2.03. The van der Waals surface area contributed by atoms with Gasteiger partial charge in [-0.25, -0.2) is 8.78 Å². The number of hydrogen-bond acceptors (Lipinski definition) is 3. The van der Waals surface area contributed by atoms with Gasteiger partial charge in [0.15, 0.2) is 11.6 Å². The predicted octanol–water partition coefficient (Wildman–Crippen LogP) is 1.79. The van der Waals surface area contributed by atoms with Gasteiger partial charge in [0.1, 0.15) is 12.4 Å². The lowest BCUT2D eigenvalue weighted by Crippen LogP contribution is -2.22. The van der Waals surface area contributed by atoms with Gasteiger partial charge in [0.25, 0.3) is 5.56 Å². The number of aromatic nitrogens is 1. The number of anilines is 1. The maximum absolute atomic E-state index is 12.9. The Hall–Kier alpha value is -2.37. The number of benzene rings is 1. The first-order valence-electron chi connectivity index (χ1n) is 5.60. The van der Waals surface area contributed by atoms with Gasteiger partial charge in [-0.15, -0.1) is 0 Å². The number of halogens is 2. The van der Waals surface area contributed by atoms with E-state index in [1.165, 1.54) is 29.0 Å². The molecular weight excluding hydrogens is 254 g/mol. The number of pyridine rings is 1. The fraction of sp³-hybridized carbons (Fsp3) is 0.154. The van der Waals surface area contributed by atoms with Crippen molar-refractivity contribution in [2.24, 2.45) is 0 Å². The molecule has 0 aliphatic rings. The summed E-state index contributed by atoms with van der Waals surface area (Å²) in [6, 6.07) is 6.12. The lowest BCUT2D eigenvalue weighted by molar-refractivity contribution is 0.294. The zero-order valence-electron chi connectivity index (χ0n) is 9.98. The van der Waals surface area contributed by atoms with Crippen LogP contribution in [-0.4, -0.2) is 11.2 Å². The molecule has 0 saturated carbocycles. The third kappa shape index (κ3) is 3.31. The third-order valence-electron chi connectivity index (χ3n) is 2.50. The van der Waals surface area contributed by atoms with E-state index < -0.39 is 11.6 Å². The molecule has 6 heteroatoms. The van der Waals surface area contributed by atoms with Crippen LogP contribution in [0.2, 0.25) is 0 Å². The van der Waals surface area contributed by atoms with Crippen molar-refractivity contribution >= 4 is 5.69 Å². The fourth-order valence-corrected chi connectivity index (χ4v) is 1.55. The maximum atomic E-state index is 12.9. The molecule has 100 valence electrons. The molecule has 19 heavy (non-hydrogen) atoms. The highest BCUT2D eigenvalue weighted by molar-refractivity contribution is 5.33. The molecule has 0 aliphatic heterocycles. The second kappa shape index (κ2) is 5.51. The van der Waals surface area contributed by atoms with Crippen LogP contribution in [0.25, 0.3) is 0 Å². The summed E-state index contributed by atoms with van der Waals surface area (Å²) in [7, 11) is 0. The molecule has 0 radical (unpaired) electrons. The highest BCUT2D eigenvalue weighted by atomic mass is 19.2. The largest absolute Gasteiger partial charge is 0.492 e. The van der Waals surface area contributed by atoms with Gasteiger partial charge in [0.05, 0.1) is 6.54 Å². The Morgan fingerprint density at radius 1 is 1.16 bits per heavy atom. The average Bonchev–Trinajstić information content (AvgIpc) is 2.38. The first kappa shape index (κ1) is 13.1. The van der Waals surface area contributed by atoms with Crippen LogP contribution in [0.15, 0.2) is 41.3 Å². The Kier molecular flexibility index (Phi) is 3.79. The van der Waals surface area contributed by atoms with E-state index in [0.717, 1.165) is 12.1 Å². The smallest absolute Gasteiger partial charge is 0.250 e. The minimum Gasteiger partial charge on any atom is -0.492 e. The molecule has 0 unspecified atom stereocenters. The van der Waals surface area contributed by atoms with Crippen molar-refractivity contribution in [2.45, 2.75) is 6.54 Å². The van der Waals surface area contributed by atoms with Crippen LogP contribution in [0.4, 0.5) is 14.5 Å². The van der Waals surface area contributed by atoms with Crippen LogP contribution in [0.1, 0.15) is 0 Å². The van der Waals surface area contributed by atoms with E-state index in [1.807, 2.05) is 0 Å². The molecule has 2 N–H and O–H groups in total. The van der Waals surface area contributed by atoms with Crippen molar-refractivity contribution in [3.8, 4) is 5.75 Å². The van der Waals surface area contributed by atoms with Gasteiger partial charge in [0, 0.05) is 24.0 Å². The van der Waals surface area contributed by atoms with Crippen LogP contribution < -0.4 is 16.0 Å². The highest BCUT2D eigenvalue weighted by Crippen LogP contribution is 2.15. The van der Waals surface area contributed by atoms with E-state index in [4.69, 9.17) is 10.5 Å². The van der Waals surface area contributed by atoms with E-state index in [-0.39, 0.29) is 24.5 Å². The molecule has 1 aromatic heterocycles. The van der Waals surface area contributed by atoms with Gasteiger partial charge in [-0.2, -0.15) is 0 Å². The number of ether oxygens (including phenoxy) is 1. The van der Waals surface area contributed by atoms with Crippen LogP contribution in [0.3, 0.4) is 0 Å². The SMILES string of the molecule is Nc1ccc(=O)n(CCOc2ccc(F)c(F)c2)c1. The summed E-state index contributed by atoms with van der Waals surface area (Å²) in [4.78, 5) is 11.5. The van der Waals surface area contributed by atoms with Crippen molar-refractivity contribution in [3.63, 3.8) is 0 Å². The minimum atomic E-state index is -0.973. The van der Waals surface area contributed by atoms with Gasteiger partial charge in [0.2, 0.25) is 0 Å². The summed E-state index contributed by atoms with van der Waals surface area (Å²) in [6.07, 6.45) is 1.50. The normalized spacial score (nSPS) is 10.4. The summed E-state index contributed by atoms with van der Waals surface area (Å²) >= 11 is 0. The molecule has 0 saturated heterocycles. The average molecular weight is 266 g/mol. The number of nitrogens with zero attached hydrogens (tertiary/aromatic N) is 1. The van der Waals surface area contributed by atoms with Gasteiger partial charge in [-0.1, -0.05) is 0 Å². The van der Waals surface area contributed by atoms with Crippen molar-refractivity contribution < 1.29 is 13.5 Å². The van der Waals surface area contributed by atoms with E-state index in [0.29, 0.717) is 5.69 Å². The monoisotopic (exact) mass is 266 g/mol. The first-order valence-corrected chi connectivity index (χ1v) is 5.60. The van der Waals surface area contributed by atoms with Crippen molar-refractivity contribution in [3.05, 3.63) is 58.5 Å². The number of nitrogen functional groups attached to an aromatic ring is 1. The van der Waals surface area contributed by atoms with Crippen LogP contribution in [0.5, 0.6) is 5.75 Å². The summed E-state index contributed by atoms with van der Waals surface area (Å²) in [5, 5.41) is 0. The lowest BCUT2D eigenvalue weighted by atomic mass is 10.3. The van der Waals surface area contributed by atoms with Crippen LogP contribution in [0, 0.1) is 11.6 Å². The predicted molar refractivity (Wildman–Crippen MR) is 67.0 cm³/mol. The molecule has 1 heterocycles. The molecule has 2 rings (SSSR count). The summed E-state index contributed by atoms with van der Waals surface area (Å²) in [6.45, 7) is 0.414. The van der Waals surface area contributed by atoms with Gasteiger partial charge < -0.3 is 15.0 Å². The first-order chi connectivity index (χ1) is 9.06. The quantitative estimate of drug-likeness (QED) is 0.917. The number of rotatable bonds is 4. The van der Waals surface area contributed by atoms with E-state index in [2.05, 4.69) is 0 Å². The van der Waals surface area contributed by atoms with Crippen molar-refractivity contribution in [2.75, 3.05) is 12.3 Å². The standard InChI is InChI=1S/C13H12F2N2O2/c14-11-3-2-10(7-12(11)15)19-6-5-17-8-9(16)1-4-13(17)18/h1-4,7-8H,5-6,16H2.